The lowest BCUT2D eigenvalue weighted by molar-refractivity contribution is -0.385. The van der Waals surface area contributed by atoms with Gasteiger partial charge in [-0.2, -0.15) is 0 Å². The van der Waals surface area contributed by atoms with Crippen LogP contribution in [0, 0.1) is 15.9 Å². The minimum Gasteiger partial charge on any atom is -0.502 e. The summed E-state index contributed by atoms with van der Waals surface area (Å²) < 4.78 is 18.8. The largest absolute Gasteiger partial charge is 0.502 e. The maximum absolute atomic E-state index is 13.6. The van der Waals surface area contributed by atoms with Crippen molar-refractivity contribution in [2.24, 2.45) is 0 Å². The number of nitrogens with zero attached hydrogens (tertiary/aromatic N) is 3. The number of rotatable bonds is 7. The Morgan fingerprint density at radius 1 is 1.11 bits per heavy atom. The van der Waals surface area contributed by atoms with Gasteiger partial charge in [0.05, 0.1) is 12.0 Å². The lowest BCUT2D eigenvalue weighted by Gasteiger charge is -2.38. The van der Waals surface area contributed by atoms with Crippen molar-refractivity contribution in [3.8, 4) is 11.5 Å². The van der Waals surface area contributed by atoms with E-state index in [1.165, 1.54) is 24.3 Å². The second-order valence-corrected chi connectivity index (χ2v) is 8.47. The first-order valence-electron chi connectivity index (χ1n) is 11.3. The molecule has 35 heavy (non-hydrogen) atoms. The van der Waals surface area contributed by atoms with Gasteiger partial charge in [0.2, 0.25) is 0 Å². The first-order chi connectivity index (χ1) is 16.9. The summed E-state index contributed by atoms with van der Waals surface area (Å²) in [6, 6.07) is 17.1. The van der Waals surface area contributed by atoms with Crippen LogP contribution < -0.4 is 9.64 Å². The lowest BCUT2D eigenvalue weighted by Crippen LogP contribution is -2.47. The molecule has 1 aliphatic rings. The van der Waals surface area contributed by atoms with Crippen LogP contribution >= 0.6 is 0 Å². The number of anilines is 1. The number of carbonyl (C=O) groups is 1. The Bertz CT molecular complexity index is 1190. The van der Waals surface area contributed by atoms with Gasteiger partial charge in [-0.1, -0.05) is 6.07 Å². The monoisotopic (exact) mass is 479 g/mol. The van der Waals surface area contributed by atoms with Gasteiger partial charge in [0.15, 0.2) is 5.75 Å². The number of nitro benzene ring substituents is 1. The van der Waals surface area contributed by atoms with Crippen molar-refractivity contribution in [2.75, 3.05) is 25.1 Å². The van der Waals surface area contributed by atoms with Gasteiger partial charge in [-0.05, 0) is 73.0 Å². The van der Waals surface area contributed by atoms with Gasteiger partial charge in [-0.15, -0.1) is 0 Å². The van der Waals surface area contributed by atoms with Crippen LogP contribution in [0.15, 0.2) is 66.7 Å². The Morgan fingerprint density at radius 3 is 2.37 bits per heavy atom. The molecule has 1 saturated heterocycles. The number of carbonyl (C=O) groups excluding carboxylic acids is 1. The Labute approximate surface area is 202 Å². The summed E-state index contributed by atoms with van der Waals surface area (Å²) in [6.45, 7) is 1.84. The van der Waals surface area contributed by atoms with Gasteiger partial charge in [0.1, 0.15) is 11.6 Å². The summed E-state index contributed by atoms with van der Waals surface area (Å²) >= 11 is 0. The molecule has 9 heteroatoms. The number of nitro groups is 1. The van der Waals surface area contributed by atoms with Crippen LogP contribution in [0.3, 0.4) is 0 Å². The Hall–Kier alpha value is -3.98. The normalized spacial score (nSPS) is 14.5. The van der Waals surface area contributed by atoms with E-state index in [9.17, 15) is 24.4 Å². The number of phenols is 1. The summed E-state index contributed by atoms with van der Waals surface area (Å²) in [7, 11) is 1.56. The zero-order valence-corrected chi connectivity index (χ0v) is 19.3. The van der Waals surface area contributed by atoms with Crippen LogP contribution in [-0.4, -0.2) is 47.1 Å². The average Bonchev–Trinajstić information content (AvgIpc) is 2.87. The highest BCUT2D eigenvalue weighted by Crippen LogP contribution is 2.29. The third-order valence-corrected chi connectivity index (χ3v) is 6.23. The zero-order chi connectivity index (χ0) is 24.9. The third kappa shape index (κ3) is 5.58. The maximum Gasteiger partial charge on any atom is 0.311 e. The van der Waals surface area contributed by atoms with E-state index < -0.39 is 4.92 Å². The van der Waals surface area contributed by atoms with E-state index in [0.29, 0.717) is 49.5 Å². The molecule has 1 amide bonds. The van der Waals surface area contributed by atoms with Crippen molar-refractivity contribution < 1.29 is 24.0 Å². The number of amides is 1. The topological polar surface area (TPSA) is 96.2 Å². The number of phenolic OH excluding ortho intramolecular Hbond substituents is 1. The molecule has 0 radical (unpaired) electrons. The predicted molar refractivity (Wildman–Crippen MR) is 129 cm³/mol. The molecule has 0 aromatic heterocycles. The van der Waals surface area contributed by atoms with E-state index >= 15 is 0 Å². The van der Waals surface area contributed by atoms with Crippen molar-refractivity contribution in [1.29, 1.82) is 0 Å². The molecule has 1 N–H and O–H groups in total. The zero-order valence-electron chi connectivity index (χ0n) is 19.3. The van der Waals surface area contributed by atoms with Crippen molar-refractivity contribution in [3.63, 3.8) is 0 Å². The van der Waals surface area contributed by atoms with Gasteiger partial charge >= 0.3 is 5.69 Å². The molecule has 1 aliphatic heterocycles. The minimum absolute atomic E-state index is 0.0968. The number of likely N-dealkylation sites (tertiary alicyclic amines) is 1. The minimum atomic E-state index is -0.601. The van der Waals surface area contributed by atoms with Gasteiger partial charge in [0.25, 0.3) is 5.91 Å². The fraction of sp³-hybridized carbons (Fsp3) is 0.269. The molecule has 0 bridgehead atoms. The molecule has 1 fully saturated rings. The second-order valence-electron chi connectivity index (χ2n) is 8.47. The highest BCUT2D eigenvalue weighted by atomic mass is 19.1. The van der Waals surface area contributed by atoms with Crippen molar-refractivity contribution in [2.45, 2.75) is 25.4 Å². The van der Waals surface area contributed by atoms with Crippen LogP contribution in [0.5, 0.6) is 11.5 Å². The first kappa shape index (κ1) is 24.2. The molecule has 3 aromatic rings. The summed E-state index contributed by atoms with van der Waals surface area (Å²) in [5.74, 6) is -0.252. The maximum atomic E-state index is 13.6. The SMILES string of the molecule is COc1ccc(C(=O)N(c2ccc(F)cc2)C2CCN(Cc3ccc(O)c([N+](=O)[O-])c3)CC2)cc1. The third-order valence-electron chi connectivity index (χ3n) is 6.23. The smallest absolute Gasteiger partial charge is 0.311 e. The molecule has 4 rings (SSSR count). The fourth-order valence-corrected chi connectivity index (χ4v) is 4.38. The van der Waals surface area contributed by atoms with Crippen LogP contribution in [0.1, 0.15) is 28.8 Å². The predicted octanol–water partition coefficient (Wildman–Crippen LogP) is 4.76. The number of benzene rings is 3. The lowest BCUT2D eigenvalue weighted by atomic mass is 10.00. The summed E-state index contributed by atoms with van der Waals surface area (Å²) in [4.78, 5) is 27.9. The van der Waals surface area contributed by atoms with Crippen LogP contribution in [0.25, 0.3) is 0 Å². The van der Waals surface area contributed by atoms with Gasteiger partial charge in [0, 0.05) is 43.0 Å². The van der Waals surface area contributed by atoms with E-state index in [0.717, 1.165) is 5.56 Å². The number of piperidine rings is 1. The summed E-state index contributed by atoms with van der Waals surface area (Å²) in [5.41, 5.74) is 1.55. The number of aromatic hydroxyl groups is 1. The molecular formula is C26H26FN3O5. The van der Waals surface area contributed by atoms with E-state index in [-0.39, 0.29) is 29.2 Å². The van der Waals surface area contributed by atoms with Crippen molar-refractivity contribution in [1.82, 2.24) is 4.90 Å². The first-order valence-corrected chi connectivity index (χ1v) is 11.3. The molecule has 0 unspecified atom stereocenters. The van der Waals surface area contributed by atoms with E-state index in [1.807, 2.05) is 0 Å². The number of methoxy groups -OCH3 is 1. The number of hydrogen-bond donors (Lipinski definition) is 1. The van der Waals surface area contributed by atoms with Gasteiger partial charge in [-0.3, -0.25) is 19.8 Å². The molecule has 182 valence electrons. The molecular weight excluding hydrogens is 453 g/mol. The summed E-state index contributed by atoms with van der Waals surface area (Å²) in [6.07, 6.45) is 1.36. The molecule has 0 atom stereocenters. The molecule has 3 aromatic carbocycles. The number of halogens is 1. The van der Waals surface area contributed by atoms with Gasteiger partial charge in [-0.25, -0.2) is 4.39 Å². The molecule has 0 spiro atoms. The highest BCUT2D eigenvalue weighted by molar-refractivity contribution is 6.06. The Morgan fingerprint density at radius 2 is 1.77 bits per heavy atom. The van der Waals surface area contributed by atoms with Crippen LogP contribution in [-0.2, 0) is 6.54 Å². The highest BCUT2D eigenvalue weighted by Gasteiger charge is 2.30. The Balaban J connectivity index is 1.50. The van der Waals surface area contributed by atoms with E-state index in [1.54, 1.807) is 54.5 Å². The van der Waals surface area contributed by atoms with E-state index in [4.69, 9.17) is 4.74 Å². The molecule has 8 nitrogen and oxygen atoms in total. The molecule has 0 saturated carbocycles. The van der Waals surface area contributed by atoms with E-state index in [2.05, 4.69) is 4.90 Å². The number of ether oxygens (including phenoxy) is 1. The molecule has 0 aliphatic carbocycles. The summed E-state index contributed by atoms with van der Waals surface area (Å²) in [5, 5.41) is 20.8. The fourth-order valence-electron chi connectivity index (χ4n) is 4.38. The van der Waals surface area contributed by atoms with Gasteiger partial charge < -0.3 is 14.7 Å². The quantitative estimate of drug-likeness (QED) is 0.388. The molecule has 1 heterocycles. The standard InChI is InChI=1S/C26H26FN3O5/c1-35-23-9-3-19(4-10-23)26(32)29(21-7-5-20(27)6-8-21)22-12-14-28(15-13-22)17-18-2-11-25(31)24(16-18)30(33)34/h2-11,16,22,31H,12-15,17H2,1H3. The van der Waals surface area contributed by atoms with Crippen LogP contribution in [0.4, 0.5) is 15.8 Å². The van der Waals surface area contributed by atoms with Crippen LogP contribution in [0.2, 0.25) is 0 Å². The Kier molecular flexibility index (Phi) is 7.26. The number of hydrogen-bond acceptors (Lipinski definition) is 6. The second kappa shape index (κ2) is 10.5. The van der Waals surface area contributed by atoms with Crippen molar-refractivity contribution in [3.05, 3.63) is 93.8 Å². The van der Waals surface area contributed by atoms with Crippen molar-refractivity contribution >= 4 is 17.3 Å². The average molecular weight is 480 g/mol.